The van der Waals surface area contributed by atoms with Crippen molar-refractivity contribution in [1.82, 2.24) is 0 Å². The molecule has 1 amide bonds. The molecule has 1 fully saturated rings. The highest BCUT2D eigenvalue weighted by Crippen LogP contribution is 2.28. The van der Waals surface area contributed by atoms with E-state index in [4.69, 9.17) is 4.74 Å². The molecule has 1 aliphatic heterocycles. The minimum atomic E-state index is -0.492. The highest BCUT2D eigenvalue weighted by molar-refractivity contribution is 5.95. The van der Waals surface area contributed by atoms with Gasteiger partial charge in [0.25, 0.3) is 11.6 Å². The van der Waals surface area contributed by atoms with Gasteiger partial charge in [-0.25, -0.2) is 0 Å². The topological polar surface area (TPSA) is 85.9 Å². The van der Waals surface area contributed by atoms with Gasteiger partial charge in [0.05, 0.1) is 30.8 Å². The van der Waals surface area contributed by atoms with Crippen LogP contribution in [0, 0.1) is 10.1 Å². The average molecular weight is 308 g/mol. The van der Waals surface area contributed by atoms with Crippen LogP contribution in [0.2, 0.25) is 0 Å². The minimum absolute atomic E-state index is 0.0749. The second kappa shape index (κ2) is 7.22. The van der Waals surface area contributed by atoms with Gasteiger partial charge in [0, 0.05) is 12.1 Å². The summed E-state index contributed by atoms with van der Waals surface area (Å²) < 4.78 is 5.16. The van der Waals surface area contributed by atoms with Crippen molar-refractivity contribution in [3.8, 4) is 5.75 Å². The summed E-state index contributed by atoms with van der Waals surface area (Å²) in [6.07, 6.45) is 3.48. The first kappa shape index (κ1) is 16.2. The first-order valence-electron chi connectivity index (χ1n) is 7.51. The Morgan fingerprint density at radius 2 is 2.05 bits per heavy atom. The molecule has 0 saturated carbocycles. The van der Waals surface area contributed by atoms with E-state index in [-0.39, 0.29) is 17.6 Å². The Morgan fingerprint density at radius 1 is 1.36 bits per heavy atom. The van der Waals surface area contributed by atoms with Crippen LogP contribution < -0.4 is 15.0 Å². The molecular formula is C15H22N3O4+. The molecule has 1 aliphatic rings. The van der Waals surface area contributed by atoms with Gasteiger partial charge in [0.15, 0.2) is 6.04 Å². The number of nitrogens with one attached hydrogen (secondary N) is 2. The molecule has 0 aliphatic carbocycles. The lowest BCUT2D eigenvalue weighted by molar-refractivity contribution is -0.918. The third-order valence-electron chi connectivity index (χ3n) is 4.15. The average Bonchev–Trinajstić information content (AvgIpc) is 2.54. The van der Waals surface area contributed by atoms with Crippen LogP contribution in [-0.2, 0) is 4.79 Å². The van der Waals surface area contributed by atoms with Crippen LogP contribution in [0.15, 0.2) is 18.2 Å². The molecule has 1 saturated heterocycles. The van der Waals surface area contributed by atoms with Crippen LogP contribution in [-0.4, -0.2) is 37.1 Å². The van der Waals surface area contributed by atoms with Gasteiger partial charge in [-0.2, -0.15) is 0 Å². The molecule has 7 nitrogen and oxygen atoms in total. The molecule has 22 heavy (non-hydrogen) atoms. The first-order valence-corrected chi connectivity index (χ1v) is 7.51. The number of ether oxygens (including phenoxy) is 1. The van der Waals surface area contributed by atoms with Crippen molar-refractivity contribution in [3.05, 3.63) is 28.3 Å². The maximum absolute atomic E-state index is 12.4. The highest BCUT2D eigenvalue weighted by Gasteiger charge is 2.27. The van der Waals surface area contributed by atoms with Crippen molar-refractivity contribution >= 4 is 17.3 Å². The molecule has 120 valence electrons. The van der Waals surface area contributed by atoms with Gasteiger partial charge in [0.2, 0.25) is 0 Å². The van der Waals surface area contributed by atoms with Crippen LogP contribution in [0.1, 0.15) is 26.2 Å². The van der Waals surface area contributed by atoms with Crippen molar-refractivity contribution < 1.29 is 19.4 Å². The Kier molecular flexibility index (Phi) is 5.32. The van der Waals surface area contributed by atoms with E-state index in [9.17, 15) is 14.9 Å². The number of carbonyl (C=O) groups excluding carboxylic acids is 1. The van der Waals surface area contributed by atoms with E-state index in [1.54, 1.807) is 0 Å². The van der Waals surface area contributed by atoms with Crippen molar-refractivity contribution in [2.24, 2.45) is 0 Å². The summed E-state index contributed by atoms with van der Waals surface area (Å²) in [6.45, 7) is 3.86. The van der Waals surface area contributed by atoms with Crippen molar-refractivity contribution in [2.75, 3.05) is 25.5 Å². The Morgan fingerprint density at radius 3 is 2.64 bits per heavy atom. The van der Waals surface area contributed by atoms with Crippen LogP contribution >= 0.6 is 0 Å². The van der Waals surface area contributed by atoms with Crippen molar-refractivity contribution in [3.63, 3.8) is 0 Å². The normalized spacial score (nSPS) is 16.8. The minimum Gasteiger partial charge on any atom is -0.495 e. The molecule has 0 bridgehead atoms. The molecular weight excluding hydrogens is 286 g/mol. The van der Waals surface area contributed by atoms with Gasteiger partial charge >= 0.3 is 0 Å². The number of hydrogen-bond donors (Lipinski definition) is 2. The SMILES string of the molecule is COc1ccc([N+](=O)[O-])cc1NC(=O)[C@H](C)[NH+]1CCCCC1. The predicted molar refractivity (Wildman–Crippen MR) is 82.3 cm³/mol. The summed E-state index contributed by atoms with van der Waals surface area (Å²) in [5.41, 5.74) is 0.263. The fraction of sp³-hybridized carbons (Fsp3) is 0.533. The summed E-state index contributed by atoms with van der Waals surface area (Å²) in [4.78, 5) is 24.0. The van der Waals surface area contributed by atoms with Crippen molar-refractivity contribution in [1.29, 1.82) is 0 Å². The summed E-state index contributed by atoms with van der Waals surface area (Å²) >= 11 is 0. The maximum atomic E-state index is 12.4. The third kappa shape index (κ3) is 3.73. The highest BCUT2D eigenvalue weighted by atomic mass is 16.6. The summed E-state index contributed by atoms with van der Waals surface area (Å²) in [5, 5.41) is 13.6. The quantitative estimate of drug-likeness (QED) is 0.627. The standard InChI is InChI=1S/C15H21N3O4/c1-11(17-8-4-3-5-9-17)15(19)16-13-10-12(18(20)21)6-7-14(13)22-2/h6-7,10-11H,3-5,8-9H2,1-2H3,(H,16,19)/p+1/t11-/m0/s1. The van der Waals surface area contributed by atoms with Crippen LogP contribution in [0.4, 0.5) is 11.4 Å². The molecule has 1 atom stereocenters. The number of rotatable bonds is 5. The molecule has 1 aromatic carbocycles. The fourth-order valence-corrected chi connectivity index (χ4v) is 2.77. The molecule has 0 radical (unpaired) electrons. The monoisotopic (exact) mass is 308 g/mol. The van der Waals surface area contributed by atoms with Gasteiger partial charge in [-0.15, -0.1) is 0 Å². The molecule has 1 aromatic rings. The maximum Gasteiger partial charge on any atom is 0.282 e. The van der Waals surface area contributed by atoms with Crippen LogP contribution in [0.25, 0.3) is 0 Å². The first-order chi connectivity index (χ1) is 10.5. The van der Waals surface area contributed by atoms with Crippen LogP contribution in [0.3, 0.4) is 0 Å². The van der Waals surface area contributed by atoms with E-state index in [2.05, 4.69) is 5.32 Å². The number of nitro groups is 1. The van der Waals surface area contributed by atoms with E-state index in [0.717, 1.165) is 25.9 Å². The molecule has 1 heterocycles. The second-order valence-electron chi connectivity index (χ2n) is 5.57. The zero-order valence-electron chi connectivity index (χ0n) is 12.9. The molecule has 0 aromatic heterocycles. The lowest BCUT2D eigenvalue weighted by atomic mass is 10.1. The van der Waals surface area contributed by atoms with E-state index in [1.165, 1.54) is 36.6 Å². The number of carbonyl (C=O) groups is 1. The zero-order valence-corrected chi connectivity index (χ0v) is 12.9. The number of quaternary nitrogens is 1. The molecule has 0 spiro atoms. The van der Waals surface area contributed by atoms with Gasteiger partial charge in [-0.05, 0) is 32.3 Å². The Balaban J connectivity index is 2.12. The fourth-order valence-electron chi connectivity index (χ4n) is 2.77. The van der Waals surface area contributed by atoms with E-state index in [0.29, 0.717) is 11.4 Å². The predicted octanol–water partition coefficient (Wildman–Crippen LogP) is 0.999. The van der Waals surface area contributed by atoms with Gasteiger partial charge in [0.1, 0.15) is 5.75 Å². The lowest BCUT2D eigenvalue weighted by Crippen LogP contribution is -3.17. The smallest absolute Gasteiger partial charge is 0.282 e. The number of benzene rings is 1. The van der Waals surface area contributed by atoms with E-state index >= 15 is 0 Å². The molecule has 2 rings (SSSR count). The van der Waals surface area contributed by atoms with Gasteiger partial charge in [-0.1, -0.05) is 0 Å². The number of likely N-dealkylation sites (tertiary alicyclic amines) is 1. The largest absolute Gasteiger partial charge is 0.495 e. The second-order valence-corrected chi connectivity index (χ2v) is 5.57. The summed E-state index contributed by atoms with van der Waals surface area (Å²) in [7, 11) is 1.47. The van der Waals surface area contributed by atoms with E-state index < -0.39 is 4.92 Å². The van der Waals surface area contributed by atoms with Gasteiger partial charge in [-0.3, -0.25) is 14.9 Å². The summed E-state index contributed by atoms with van der Waals surface area (Å²) in [5.74, 6) is 0.274. The van der Waals surface area contributed by atoms with E-state index in [1.807, 2.05) is 6.92 Å². The number of anilines is 1. The van der Waals surface area contributed by atoms with Crippen molar-refractivity contribution in [2.45, 2.75) is 32.2 Å². The molecule has 7 heteroatoms. The number of amides is 1. The lowest BCUT2D eigenvalue weighted by Gasteiger charge is -2.28. The number of methoxy groups -OCH3 is 1. The molecule has 0 unspecified atom stereocenters. The zero-order chi connectivity index (χ0) is 16.1. The molecule has 2 N–H and O–H groups in total. The number of piperidine rings is 1. The number of hydrogen-bond acceptors (Lipinski definition) is 4. The van der Waals surface area contributed by atoms with Crippen LogP contribution in [0.5, 0.6) is 5.75 Å². The number of nitro benzene ring substituents is 1. The number of nitrogens with zero attached hydrogens (tertiary/aromatic N) is 1. The summed E-state index contributed by atoms with van der Waals surface area (Å²) in [6, 6.07) is 3.99. The Labute approximate surface area is 129 Å². The third-order valence-corrected chi connectivity index (χ3v) is 4.15. The van der Waals surface area contributed by atoms with Gasteiger partial charge < -0.3 is 15.0 Å². The number of non-ortho nitro benzene ring substituents is 1. The Bertz CT molecular complexity index is 556. The Hall–Kier alpha value is -2.15.